The van der Waals surface area contributed by atoms with Gasteiger partial charge in [0.2, 0.25) is 0 Å². The van der Waals surface area contributed by atoms with Gasteiger partial charge in [-0.2, -0.15) is 0 Å². The van der Waals surface area contributed by atoms with E-state index < -0.39 is 0 Å². The SMILES string of the molecule is Cc1cc([C@@H]2[C@H](c3ccccn3)NC(=S)N2c2ccc(N3C[C@@H](C)C[C@H](C)C3)c(Cl)c2)c(C)n1-c1ccc(O)cc1. The van der Waals surface area contributed by atoms with Crippen LogP contribution in [-0.4, -0.2) is 32.9 Å². The first-order valence-corrected chi connectivity index (χ1v) is 15.0. The van der Waals surface area contributed by atoms with Gasteiger partial charge in [-0.3, -0.25) is 4.98 Å². The molecule has 4 heterocycles. The van der Waals surface area contributed by atoms with Crippen LogP contribution in [-0.2, 0) is 0 Å². The molecule has 0 aliphatic carbocycles. The molecule has 0 spiro atoms. The molecule has 8 heteroatoms. The summed E-state index contributed by atoms with van der Waals surface area (Å²) in [6.07, 6.45) is 3.07. The maximum atomic E-state index is 9.86. The summed E-state index contributed by atoms with van der Waals surface area (Å²) in [4.78, 5) is 9.33. The minimum atomic E-state index is -0.153. The second-order valence-corrected chi connectivity index (χ2v) is 12.5. The lowest BCUT2D eigenvalue weighted by molar-refractivity contribution is 0.357. The molecular weight excluding hydrogens is 550 g/mol. The number of anilines is 2. The molecule has 2 aliphatic heterocycles. The number of piperidine rings is 1. The average molecular weight is 586 g/mol. The van der Waals surface area contributed by atoms with Crippen LogP contribution in [0.2, 0.25) is 5.02 Å². The molecule has 2 aromatic heterocycles. The van der Waals surface area contributed by atoms with Gasteiger partial charge in [0.15, 0.2) is 5.11 Å². The molecule has 0 unspecified atom stereocenters. The average Bonchev–Trinajstić information content (AvgIpc) is 3.44. The number of phenolic OH excluding ortho intramolecular Hbond substituents is 1. The lowest BCUT2D eigenvalue weighted by atomic mass is 9.91. The molecule has 2 N–H and O–H groups in total. The fourth-order valence-electron chi connectivity index (χ4n) is 6.80. The second kappa shape index (κ2) is 11.0. The Morgan fingerprint density at radius 3 is 2.32 bits per heavy atom. The zero-order valence-corrected chi connectivity index (χ0v) is 25.5. The number of pyridine rings is 1. The van der Waals surface area contributed by atoms with Gasteiger partial charge in [0.25, 0.3) is 0 Å². The number of aromatic hydroxyl groups is 1. The van der Waals surface area contributed by atoms with Crippen molar-refractivity contribution in [1.29, 1.82) is 0 Å². The molecule has 0 amide bonds. The van der Waals surface area contributed by atoms with Crippen LogP contribution in [0, 0.1) is 25.7 Å². The lowest BCUT2D eigenvalue weighted by Crippen LogP contribution is -2.38. The van der Waals surface area contributed by atoms with Crippen molar-refractivity contribution < 1.29 is 5.11 Å². The van der Waals surface area contributed by atoms with Gasteiger partial charge >= 0.3 is 0 Å². The van der Waals surface area contributed by atoms with E-state index in [1.165, 1.54) is 6.42 Å². The number of hydrogen-bond acceptors (Lipinski definition) is 4. The Kier molecular flexibility index (Phi) is 7.43. The number of benzene rings is 2. The highest BCUT2D eigenvalue weighted by Gasteiger charge is 2.42. The maximum Gasteiger partial charge on any atom is 0.174 e. The molecule has 2 saturated heterocycles. The van der Waals surface area contributed by atoms with E-state index in [1.807, 2.05) is 36.5 Å². The molecule has 212 valence electrons. The number of aryl methyl sites for hydroxylation is 1. The third-order valence-electron chi connectivity index (χ3n) is 8.41. The van der Waals surface area contributed by atoms with Gasteiger partial charge in [0.1, 0.15) is 5.75 Å². The van der Waals surface area contributed by atoms with Crippen LogP contribution in [0.5, 0.6) is 5.75 Å². The molecule has 0 radical (unpaired) electrons. The molecule has 4 aromatic rings. The van der Waals surface area contributed by atoms with E-state index in [1.54, 1.807) is 12.1 Å². The van der Waals surface area contributed by atoms with Crippen LogP contribution in [0.15, 0.2) is 72.9 Å². The Hall–Kier alpha value is -3.55. The molecule has 4 atom stereocenters. The van der Waals surface area contributed by atoms with Gasteiger partial charge < -0.3 is 24.8 Å². The van der Waals surface area contributed by atoms with Gasteiger partial charge in [-0.05, 0) is 111 Å². The number of halogens is 1. The zero-order chi connectivity index (χ0) is 28.8. The van der Waals surface area contributed by atoms with E-state index in [4.69, 9.17) is 28.8 Å². The van der Waals surface area contributed by atoms with Gasteiger partial charge in [-0.15, -0.1) is 0 Å². The Balaban J connectivity index is 1.44. The standard InChI is InChI=1S/C33H36ClN5OS/c1-20-15-21(2)19-37(18-20)30-13-10-25(17-28(30)34)39-32(31(36-33(39)41)29-7-5-6-14-35-29)27-16-22(3)38(23(27)4)24-8-11-26(40)12-9-24/h5-14,16-17,20-21,31-32,40H,15,18-19H2,1-4H3,(H,36,41)/t20-,21-,31-,32+/m0/s1. The first-order valence-electron chi connectivity index (χ1n) is 14.2. The fraction of sp³-hybridized carbons (Fsp3) is 0.333. The zero-order valence-electron chi connectivity index (χ0n) is 23.9. The lowest BCUT2D eigenvalue weighted by Gasteiger charge is -2.37. The van der Waals surface area contributed by atoms with E-state index in [2.05, 4.69) is 71.6 Å². The van der Waals surface area contributed by atoms with Gasteiger partial charge in [0.05, 0.1) is 28.5 Å². The molecule has 0 saturated carbocycles. The summed E-state index contributed by atoms with van der Waals surface area (Å²) in [6.45, 7) is 10.9. The molecule has 0 bridgehead atoms. The van der Waals surface area contributed by atoms with Crippen molar-refractivity contribution in [3.8, 4) is 11.4 Å². The Labute approximate surface area is 252 Å². The normalized spacial score (nSPS) is 22.7. The maximum absolute atomic E-state index is 9.86. The summed E-state index contributed by atoms with van der Waals surface area (Å²) < 4.78 is 2.22. The number of hydrogen-bond donors (Lipinski definition) is 2. The quantitative estimate of drug-likeness (QED) is 0.236. The number of aromatic nitrogens is 2. The fourth-order valence-corrected chi connectivity index (χ4v) is 7.44. The molecule has 41 heavy (non-hydrogen) atoms. The van der Waals surface area contributed by atoms with Crippen molar-refractivity contribution in [2.45, 2.75) is 46.2 Å². The van der Waals surface area contributed by atoms with Gasteiger partial charge in [-0.25, -0.2) is 0 Å². The highest BCUT2D eigenvalue weighted by atomic mass is 35.5. The van der Waals surface area contributed by atoms with Crippen LogP contribution < -0.4 is 15.1 Å². The molecule has 2 fully saturated rings. The number of nitrogens with zero attached hydrogens (tertiary/aromatic N) is 4. The van der Waals surface area contributed by atoms with Crippen LogP contribution in [0.3, 0.4) is 0 Å². The van der Waals surface area contributed by atoms with Crippen LogP contribution in [0.25, 0.3) is 5.69 Å². The highest BCUT2D eigenvalue weighted by molar-refractivity contribution is 7.80. The van der Waals surface area contributed by atoms with E-state index in [0.29, 0.717) is 16.9 Å². The Morgan fingerprint density at radius 1 is 0.951 bits per heavy atom. The second-order valence-electron chi connectivity index (χ2n) is 11.7. The van der Waals surface area contributed by atoms with E-state index in [9.17, 15) is 5.11 Å². The molecular formula is C33H36ClN5OS. The van der Waals surface area contributed by atoms with E-state index in [0.717, 1.165) is 57.8 Å². The summed E-state index contributed by atoms with van der Waals surface area (Å²) in [6, 6.07) is 21.6. The first-order chi connectivity index (χ1) is 19.7. The predicted molar refractivity (Wildman–Crippen MR) is 171 cm³/mol. The summed E-state index contributed by atoms with van der Waals surface area (Å²) in [7, 11) is 0. The van der Waals surface area contributed by atoms with Crippen LogP contribution >= 0.6 is 23.8 Å². The predicted octanol–water partition coefficient (Wildman–Crippen LogP) is 7.51. The van der Waals surface area contributed by atoms with Crippen LogP contribution in [0.1, 0.15) is 55.0 Å². The summed E-state index contributed by atoms with van der Waals surface area (Å²) in [5, 5.41) is 14.8. The molecule has 2 aliphatic rings. The van der Waals surface area contributed by atoms with Crippen molar-refractivity contribution in [3.63, 3.8) is 0 Å². The topological polar surface area (TPSA) is 56.6 Å². The van der Waals surface area contributed by atoms with E-state index >= 15 is 0 Å². The number of nitrogens with one attached hydrogen (secondary N) is 1. The Morgan fingerprint density at radius 2 is 1.66 bits per heavy atom. The third-order valence-corrected chi connectivity index (χ3v) is 9.03. The first kappa shape index (κ1) is 27.6. The van der Waals surface area contributed by atoms with Crippen molar-refractivity contribution in [2.75, 3.05) is 22.9 Å². The summed E-state index contributed by atoms with van der Waals surface area (Å²) >= 11 is 13.0. The number of rotatable bonds is 5. The minimum Gasteiger partial charge on any atom is -0.508 e. The van der Waals surface area contributed by atoms with Crippen molar-refractivity contribution >= 4 is 40.3 Å². The minimum absolute atomic E-state index is 0.147. The summed E-state index contributed by atoms with van der Waals surface area (Å²) in [5.74, 6) is 1.52. The van der Waals surface area contributed by atoms with Crippen LogP contribution in [0.4, 0.5) is 11.4 Å². The van der Waals surface area contributed by atoms with Crippen molar-refractivity contribution in [3.05, 3.63) is 101 Å². The smallest absolute Gasteiger partial charge is 0.174 e. The van der Waals surface area contributed by atoms with Gasteiger partial charge in [-0.1, -0.05) is 31.5 Å². The Bertz CT molecular complexity index is 1560. The van der Waals surface area contributed by atoms with E-state index in [-0.39, 0.29) is 17.8 Å². The summed E-state index contributed by atoms with van der Waals surface area (Å²) in [5.41, 5.74) is 7.31. The molecule has 6 nitrogen and oxygen atoms in total. The molecule has 2 aromatic carbocycles. The molecule has 6 rings (SSSR count). The monoisotopic (exact) mass is 585 g/mol. The van der Waals surface area contributed by atoms with Gasteiger partial charge in [0, 0.05) is 42.0 Å². The third kappa shape index (κ3) is 5.17. The highest BCUT2D eigenvalue weighted by Crippen LogP contribution is 2.45. The largest absolute Gasteiger partial charge is 0.508 e. The van der Waals surface area contributed by atoms with Crippen molar-refractivity contribution in [2.24, 2.45) is 11.8 Å². The number of thiocarbonyl (C=S) groups is 1. The number of phenols is 1. The van der Waals surface area contributed by atoms with Crippen molar-refractivity contribution in [1.82, 2.24) is 14.9 Å².